The number of benzene rings is 2. The standard InChI is InChI=1S/C22H24N2O5/c1-14-3-7-17(8-4-14)29-18-9-5-16(6-10-18)23-21(26)19-11-15(22(27)28)12-20(19)24(2)13-25/h3-10,13,15,19-20H,11-12H2,1-2H3,(H,23,26)(H,27,28). The first-order valence-electron chi connectivity index (χ1n) is 9.43. The third-order valence-corrected chi connectivity index (χ3v) is 5.28. The van der Waals surface area contributed by atoms with E-state index >= 15 is 0 Å². The molecule has 0 heterocycles. The van der Waals surface area contributed by atoms with E-state index in [9.17, 15) is 19.5 Å². The van der Waals surface area contributed by atoms with Crippen LogP contribution in [0.1, 0.15) is 18.4 Å². The highest BCUT2D eigenvalue weighted by atomic mass is 16.5. The summed E-state index contributed by atoms with van der Waals surface area (Å²) in [5, 5.41) is 12.1. The van der Waals surface area contributed by atoms with E-state index in [0.29, 0.717) is 17.8 Å². The van der Waals surface area contributed by atoms with Crippen LogP contribution in [-0.2, 0) is 14.4 Å². The average molecular weight is 396 g/mol. The van der Waals surface area contributed by atoms with Crippen LogP contribution in [0.3, 0.4) is 0 Å². The first-order chi connectivity index (χ1) is 13.9. The molecule has 1 saturated carbocycles. The van der Waals surface area contributed by atoms with Crippen molar-refractivity contribution in [2.75, 3.05) is 12.4 Å². The Balaban J connectivity index is 1.65. The maximum atomic E-state index is 12.7. The molecule has 2 aromatic rings. The molecule has 2 N–H and O–H groups in total. The third-order valence-electron chi connectivity index (χ3n) is 5.28. The molecule has 29 heavy (non-hydrogen) atoms. The van der Waals surface area contributed by atoms with Crippen molar-refractivity contribution in [2.24, 2.45) is 11.8 Å². The van der Waals surface area contributed by atoms with E-state index in [1.54, 1.807) is 31.3 Å². The molecule has 0 bridgehead atoms. The molecule has 3 atom stereocenters. The highest BCUT2D eigenvalue weighted by Gasteiger charge is 2.43. The number of aliphatic carboxylic acids is 1. The molecule has 2 aromatic carbocycles. The second kappa shape index (κ2) is 8.77. The van der Waals surface area contributed by atoms with Gasteiger partial charge in [-0.15, -0.1) is 0 Å². The van der Waals surface area contributed by atoms with Gasteiger partial charge in [-0.1, -0.05) is 17.7 Å². The van der Waals surface area contributed by atoms with E-state index in [4.69, 9.17) is 4.74 Å². The van der Waals surface area contributed by atoms with Gasteiger partial charge in [0.25, 0.3) is 0 Å². The predicted molar refractivity (Wildman–Crippen MR) is 108 cm³/mol. The maximum absolute atomic E-state index is 12.7. The zero-order valence-corrected chi connectivity index (χ0v) is 16.4. The van der Waals surface area contributed by atoms with Crippen molar-refractivity contribution < 1.29 is 24.2 Å². The summed E-state index contributed by atoms with van der Waals surface area (Å²) in [5.41, 5.74) is 1.73. The van der Waals surface area contributed by atoms with E-state index in [1.165, 1.54) is 4.90 Å². The van der Waals surface area contributed by atoms with Crippen LogP contribution < -0.4 is 10.1 Å². The summed E-state index contributed by atoms with van der Waals surface area (Å²) in [6.07, 6.45) is 1.11. The van der Waals surface area contributed by atoms with E-state index in [0.717, 1.165) is 11.3 Å². The molecular formula is C22H24N2O5. The Bertz CT molecular complexity index is 879. The zero-order chi connectivity index (χ0) is 21.0. The Kier molecular flexibility index (Phi) is 6.16. The van der Waals surface area contributed by atoms with E-state index in [2.05, 4.69) is 5.32 Å². The SMILES string of the molecule is Cc1ccc(Oc2ccc(NC(=O)C3CC(C(=O)O)CC3N(C)C=O)cc2)cc1. The van der Waals surface area contributed by atoms with Crippen LogP contribution in [-0.4, -0.2) is 41.4 Å². The Morgan fingerprint density at radius 3 is 2.21 bits per heavy atom. The summed E-state index contributed by atoms with van der Waals surface area (Å²) in [6.45, 7) is 2.00. The van der Waals surface area contributed by atoms with Crippen LogP contribution in [0.2, 0.25) is 0 Å². The lowest BCUT2D eigenvalue weighted by Gasteiger charge is -2.25. The van der Waals surface area contributed by atoms with Gasteiger partial charge in [0.1, 0.15) is 11.5 Å². The maximum Gasteiger partial charge on any atom is 0.306 e. The second-order valence-corrected chi connectivity index (χ2v) is 7.38. The largest absolute Gasteiger partial charge is 0.481 e. The van der Waals surface area contributed by atoms with Crippen molar-refractivity contribution in [3.8, 4) is 11.5 Å². The van der Waals surface area contributed by atoms with Gasteiger partial charge in [0.05, 0.1) is 11.8 Å². The Hall–Kier alpha value is -3.35. The molecule has 3 rings (SSSR count). The molecule has 152 valence electrons. The van der Waals surface area contributed by atoms with Crippen molar-refractivity contribution in [1.29, 1.82) is 0 Å². The summed E-state index contributed by atoms with van der Waals surface area (Å²) in [7, 11) is 1.57. The van der Waals surface area contributed by atoms with Gasteiger partial charge in [-0.3, -0.25) is 14.4 Å². The van der Waals surface area contributed by atoms with E-state index in [-0.39, 0.29) is 18.7 Å². The number of amides is 2. The van der Waals surface area contributed by atoms with Crippen LogP contribution in [0, 0.1) is 18.8 Å². The lowest BCUT2D eigenvalue weighted by atomic mass is 10.0. The van der Waals surface area contributed by atoms with Crippen molar-refractivity contribution in [3.05, 3.63) is 54.1 Å². The molecule has 7 nitrogen and oxygen atoms in total. The molecule has 1 aliphatic rings. The third kappa shape index (κ3) is 4.93. The van der Waals surface area contributed by atoms with Crippen molar-refractivity contribution in [1.82, 2.24) is 4.90 Å². The Morgan fingerprint density at radius 1 is 1.07 bits per heavy atom. The molecule has 1 fully saturated rings. The van der Waals surface area contributed by atoms with Crippen LogP contribution in [0.15, 0.2) is 48.5 Å². The van der Waals surface area contributed by atoms with Gasteiger partial charge in [-0.05, 0) is 56.2 Å². The summed E-state index contributed by atoms with van der Waals surface area (Å²) >= 11 is 0. The summed E-state index contributed by atoms with van der Waals surface area (Å²) in [6, 6.07) is 14.2. The van der Waals surface area contributed by atoms with Gasteiger partial charge in [0, 0.05) is 18.8 Å². The molecule has 0 aliphatic heterocycles. The number of carbonyl (C=O) groups excluding carboxylic acids is 2. The fourth-order valence-electron chi connectivity index (χ4n) is 3.61. The molecule has 0 radical (unpaired) electrons. The van der Waals surface area contributed by atoms with Gasteiger partial charge >= 0.3 is 5.97 Å². The smallest absolute Gasteiger partial charge is 0.306 e. The molecule has 1 aliphatic carbocycles. The van der Waals surface area contributed by atoms with Gasteiger partial charge in [0.15, 0.2) is 0 Å². The zero-order valence-electron chi connectivity index (χ0n) is 16.4. The molecule has 7 heteroatoms. The number of hydrogen-bond donors (Lipinski definition) is 2. The first-order valence-corrected chi connectivity index (χ1v) is 9.43. The molecular weight excluding hydrogens is 372 g/mol. The average Bonchev–Trinajstić information content (AvgIpc) is 3.16. The first kappa shape index (κ1) is 20.4. The van der Waals surface area contributed by atoms with Crippen molar-refractivity contribution >= 4 is 24.0 Å². The number of nitrogens with zero attached hydrogens (tertiary/aromatic N) is 1. The quantitative estimate of drug-likeness (QED) is 0.700. The number of aryl methyl sites for hydroxylation is 1. The minimum Gasteiger partial charge on any atom is -0.481 e. The number of nitrogens with one attached hydrogen (secondary N) is 1. The number of hydrogen-bond acceptors (Lipinski definition) is 4. The number of carboxylic acids is 1. The minimum atomic E-state index is -0.942. The number of anilines is 1. The van der Waals surface area contributed by atoms with Gasteiger partial charge in [-0.2, -0.15) is 0 Å². The molecule has 3 unspecified atom stereocenters. The van der Waals surface area contributed by atoms with Gasteiger partial charge < -0.3 is 20.1 Å². The minimum absolute atomic E-state index is 0.207. The highest BCUT2D eigenvalue weighted by molar-refractivity contribution is 5.94. The van der Waals surface area contributed by atoms with E-state index < -0.39 is 23.8 Å². The molecule has 2 amide bonds. The predicted octanol–water partition coefficient (Wildman–Crippen LogP) is 3.29. The van der Waals surface area contributed by atoms with Gasteiger partial charge in [-0.25, -0.2) is 0 Å². The van der Waals surface area contributed by atoms with Crippen LogP contribution in [0.5, 0.6) is 11.5 Å². The lowest BCUT2D eigenvalue weighted by molar-refractivity contribution is -0.141. The summed E-state index contributed by atoms with van der Waals surface area (Å²) in [5.74, 6) is -1.09. The molecule has 0 saturated heterocycles. The fourth-order valence-corrected chi connectivity index (χ4v) is 3.61. The van der Waals surface area contributed by atoms with Crippen LogP contribution in [0.25, 0.3) is 0 Å². The second-order valence-electron chi connectivity index (χ2n) is 7.38. The Labute approximate surface area is 169 Å². The molecule has 0 aromatic heterocycles. The number of ether oxygens (including phenoxy) is 1. The fraction of sp³-hybridized carbons (Fsp3) is 0.318. The molecule has 0 spiro atoms. The topological polar surface area (TPSA) is 95.9 Å². The number of carboxylic acid groups (broad SMARTS) is 1. The summed E-state index contributed by atoms with van der Waals surface area (Å²) in [4.78, 5) is 36.6. The van der Waals surface area contributed by atoms with E-state index in [1.807, 2.05) is 31.2 Å². The van der Waals surface area contributed by atoms with Crippen molar-refractivity contribution in [3.63, 3.8) is 0 Å². The lowest BCUT2D eigenvalue weighted by Crippen LogP contribution is -2.39. The van der Waals surface area contributed by atoms with Crippen LogP contribution in [0.4, 0.5) is 5.69 Å². The van der Waals surface area contributed by atoms with Crippen LogP contribution >= 0.6 is 0 Å². The number of carbonyl (C=O) groups is 3. The highest BCUT2D eigenvalue weighted by Crippen LogP contribution is 2.35. The Morgan fingerprint density at radius 2 is 1.66 bits per heavy atom. The van der Waals surface area contributed by atoms with Crippen molar-refractivity contribution in [2.45, 2.75) is 25.8 Å². The van der Waals surface area contributed by atoms with Gasteiger partial charge in [0.2, 0.25) is 12.3 Å². The normalized spacial score (nSPS) is 20.7. The number of rotatable bonds is 7. The monoisotopic (exact) mass is 396 g/mol. The summed E-state index contributed by atoms with van der Waals surface area (Å²) < 4.78 is 5.77.